The van der Waals surface area contributed by atoms with Gasteiger partial charge < -0.3 is 19.7 Å². The van der Waals surface area contributed by atoms with E-state index < -0.39 is 0 Å². The largest absolute Gasteiger partial charge is 0.493 e. The van der Waals surface area contributed by atoms with Gasteiger partial charge in [-0.25, -0.2) is 0 Å². The summed E-state index contributed by atoms with van der Waals surface area (Å²) in [6, 6.07) is 12.7. The smallest absolute Gasteiger partial charge is 0.253 e. The van der Waals surface area contributed by atoms with Crippen molar-refractivity contribution in [1.82, 2.24) is 4.90 Å². The van der Waals surface area contributed by atoms with E-state index in [1.165, 1.54) is 0 Å². The van der Waals surface area contributed by atoms with Gasteiger partial charge in [-0.1, -0.05) is 22.0 Å². The first-order chi connectivity index (χ1) is 13.5. The lowest BCUT2D eigenvalue weighted by molar-refractivity contribution is -0.121. The second kappa shape index (κ2) is 9.10. The van der Waals surface area contributed by atoms with Gasteiger partial charge in [-0.3, -0.25) is 9.59 Å². The molecule has 0 unspecified atom stereocenters. The van der Waals surface area contributed by atoms with E-state index in [1.54, 1.807) is 37.3 Å². The molecule has 1 heterocycles. The summed E-state index contributed by atoms with van der Waals surface area (Å²) in [5.41, 5.74) is 1.32. The quantitative estimate of drug-likeness (QED) is 0.754. The molecule has 0 aromatic heterocycles. The van der Waals surface area contributed by atoms with Gasteiger partial charge >= 0.3 is 0 Å². The Hall–Kier alpha value is -2.54. The highest BCUT2D eigenvalue weighted by molar-refractivity contribution is 9.10. The van der Waals surface area contributed by atoms with Gasteiger partial charge in [0.15, 0.2) is 11.5 Å². The van der Waals surface area contributed by atoms with Crippen molar-refractivity contribution in [3.05, 3.63) is 52.5 Å². The molecule has 0 atom stereocenters. The zero-order valence-electron chi connectivity index (χ0n) is 15.9. The van der Waals surface area contributed by atoms with Gasteiger partial charge in [0.1, 0.15) is 0 Å². The Morgan fingerprint density at radius 1 is 1.04 bits per heavy atom. The lowest BCUT2D eigenvalue weighted by atomic mass is 9.95. The number of rotatable bonds is 5. The van der Waals surface area contributed by atoms with Crippen LogP contribution >= 0.6 is 15.9 Å². The van der Waals surface area contributed by atoms with Crippen LogP contribution in [0.2, 0.25) is 0 Å². The number of amides is 2. The molecule has 28 heavy (non-hydrogen) atoms. The van der Waals surface area contributed by atoms with Crippen molar-refractivity contribution < 1.29 is 19.1 Å². The topological polar surface area (TPSA) is 67.9 Å². The number of carbonyl (C=O) groups excluding carboxylic acids is 2. The maximum atomic E-state index is 12.8. The molecule has 1 saturated heterocycles. The Morgan fingerprint density at radius 3 is 2.39 bits per heavy atom. The van der Waals surface area contributed by atoms with E-state index in [2.05, 4.69) is 21.2 Å². The number of hydrogen-bond acceptors (Lipinski definition) is 4. The fraction of sp³-hybridized carbons (Fsp3) is 0.333. The van der Waals surface area contributed by atoms with Crippen molar-refractivity contribution in [3.63, 3.8) is 0 Å². The summed E-state index contributed by atoms with van der Waals surface area (Å²) in [5, 5.41) is 2.95. The van der Waals surface area contributed by atoms with Crippen LogP contribution in [0.4, 0.5) is 5.69 Å². The van der Waals surface area contributed by atoms with Gasteiger partial charge in [-0.05, 0) is 49.2 Å². The number of piperidine rings is 1. The molecular weight excluding hydrogens is 424 g/mol. The number of hydrogen-bond donors (Lipinski definition) is 1. The summed E-state index contributed by atoms with van der Waals surface area (Å²) in [4.78, 5) is 27.1. The fourth-order valence-corrected chi connectivity index (χ4v) is 3.71. The minimum absolute atomic E-state index is 0.00341. The fourth-order valence-electron chi connectivity index (χ4n) is 3.31. The predicted molar refractivity (Wildman–Crippen MR) is 111 cm³/mol. The van der Waals surface area contributed by atoms with E-state index in [9.17, 15) is 9.59 Å². The van der Waals surface area contributed by atoms with E-state index in [4.69, 9.17) is 9.47 Å². The van der Waals surface area contributed by atoms with Crippen LogP contribution in [0.5, 0.6) is 11.5 Å². The van der Waals surface area contributed by atoms with Gasteiger partial charge in [-0.2, -0.15) is 0 Å². The molecule has 0 spiro atoms. The van der Waals surface area contributed by atoms with Crippen LogP contribution in [-0.4, -0.2) is 44.0 Å². The van der Waals surface area contributed by atoms with Crippen molar-refractivity contribution in [2.24, 2.45) is 5.92 Å². The molecule has 2 amide bonds. The highest BCUT2D eigenvalue weighted by Gasteiger charge is 2.28. The highest BCUT2D eigenvalue weighted by atomic mass is 79.9. The first-order valence-electron chi connectivity index (χ1n) is 9.09. The van der Waals surface area contributed by atoms with Crippen molar-refractivity contribution in [2.45, 2.75) is 12.8 Å². The Bertz CT molecular complexity index is 863. The number of halogens is 1. The molecule has 0 bridgehead atoms. The molecular formula is C21H23BrN2O4. The minimum atomic E-state index is -0.103. The number of likely N-dealkylation sites (tertiary alicyclic amines) is 1. The Kier molecular flexibility index (Phi) is 6.57. The highest BCUT2D eigenvalue weighted by Crippen LogP contribution is 2.29. The molecule has 6 nitrogen and oxygen atoms in total. The average Bonchev–Trinajstić information content (AvgIpc) is 2.72. The van der Waals surface area contributed by atoms with Crippen molar-refractivity contribution >= 4 is 33.4 Å². The van der Waals surface area contributed by atoms with Crippen LogP contribution in [0, 0.1) is 5.92 Å². The van der Waals surface area contributed by atoms with Crippen molar-refractivity contribution in [1.29, 1.82) is 0 Å². The van der Waals surface area contributed by atoms with Gasteiger partial charge in [0.2, 0.25) is 5.91 Å². The SMILES string of the molecule is COc1ccc(C(=O)N2CCC(C(=O)Nc3cccc(Br)c3)CC2)cc1OC. The standard InChI is InChI=1S/C21H23BrN2O4/c1-27-18-7-6-15(12-19(18)28-2)21(26)24-10-8-14(9-11-24)20(25)23-17-5-3-4-16(22)13-17/h3-7,12-14H,8-11H2,1-2H3,(H,23,25). The first kappa shape index (κ1) is 20.2. The van der Waals surface area contributed by atoms with Crippen LogP contribution in [0.1, 0.15) is 23.2 Å². The first-order valence-corrected chi connectivity index (χ1v) is 9.89. The number of benzene rings is 2. The van der Waals surface area contributed by atoms with Gasteiger partial charge in [-0.15, -0.1) is 0 Å². The van der Waals surface area contributed by atoms with E-state index in [-0.39, 0.29) is 17.7 Å². The number of nitrogens with one attached hydrogen (secondary N) is 1. The van der Waals surface area contributed by atoms with Gasteiger partial charge in [0.05, 0.1) is 14.2 Å². The van der Waals surface area contributed by atoms with E-state index in [0.29, 0.717) is 43.0 Å². The third-order valence-electron chi connectivity index (χ3n) is 4.88. The molecule has 3 rings (SSSR count). The maximum Gasteiger partial charge on any atom is 0.253 e. The number of nitrogens with zero attached hydrogens (tertiary/aromatic N) is 1. The summed E-state index contributed by atoms with van der Waals surface area (Å²) in [6.07, 6.45) is 1.28. The van der Waals surface area contributed by atoms with Crippen molar-refractivity contribution in [3.8, 4) is 11.5 Å². The number of anilines is 1. The van der Waals surface area contributed by atoms with Gasteiger partial charge in [0, 0.05) is 34.7 Å². The maximum absolute atomic E-state index is 12.8. The van der Waals surface area contributed by atoms with E-state index in [0.717, 1.165) is 10.2 Å². The zero-order chi connectivity index (χ0) is 20.1. The van der Waals surface area contributed by atoms with E-state index >= 15 is 0 Å². The summed E-state index contributed by atoms with van der Waals surface area (Å²) in [6.45, 7) is 1.09. The lowest BCUT2D eigenvalue weighted by Crippen LogP contribution is -2.41. The second-order valence-electron chi connectivity index (χ2n) is 6.64. The van der Waals surface area contributed by atoms with Crippen LogP contribution < -0.4 is 14.8 Å². The molecule has 2 aromatic carbocycles. The van der Waals surface area contributed by atoms with Crippen LogP contribution in [0.15, 0.2) is 46.9 Å². The average molecular weight is 447 g/mol. The number of methoxy groups -OCH3 is 2. The second-order valence-corrected chi connectivity index (χ2v) is 7.55. The van der Waals surface area contributed by atoms with Crippen LogP contribution in [0.25, 0.3) is 0 Å². The zero-order valence-corrected chi connectivity index (χ0v) is 17.5. The van der Waals surface area contributed by atoms with E-state index in [1.807, 2.05) is 24.3 Å². The normalized spacial score (nSPS) is 14.5. The number of carbonyl (C=O) groups is 2. The molecule has 7 heteroatoms. The van der Waals surface area contributed by atoms with Gasteiger partial charge in [0.25, 0.3) is 5.91 Å². The molecule has 2 aromatic rings. The predicted octanol–water partition coefficient (Wildman–Crippen LogP) is 3.96. The Labute approximate surface area is 172 Å². The summed E-state index contributed by atoms with van der Waals surface area (Å²) in [7, 11) is 3.10. The molecule has 0 aliphatic carbocycles. The molecule has 1 N–H and O–H groups in total. The van der Waals surface area contributed by atoms with Crippen molar-refractivity contribution in [2.75, 3.05) is 32.6 Å². The third-order valence-corrected chi connectivity index (χ3v) is 5.37. The summed E-state index contributed by atoms with van der Waals surface area (Å²) < 4.78 is 11.4. The molecule has 148 valence electrons. The number of ether oxygens (including phenoxy) is 2. The summed E-state index contributed by atoms with van der Waals surface area (Å²) in [5.74, 6) is 0.940. The molecule has 1 fully saturated rings. The third kappa shape index (κ3) is 4.65. The summed E-state index contributed by atoms with van der Waals surface area (Å²) >= 11 is 3.40. The van der Waals surface area contributed by atoms with Crippen LogP contribution in [0.3, 0.4) is 0 Å². The monoisotopic (exact) mass is 446 g/mol. The molecule has 0 radical (unpaired) electrons. The Morgan fingerprint density at radius 2 is 1.75 bits per heavy atom. The molecule has 1 aliphatic rings. The lowest BCUT2D eigenvalue weighted by Gasteiger charge is -2.31. The van der Waals surface area contributed by atoms with Crippen LogP contribution in [-0.2, 0) is 4.79 Å². The minimum Gasteiger partial charge on any atom is -0.493 e. The molecule has 0 saturated carbocycles. The Balaban J connectivity index is 1.58. The molecule has 1 aliphatic heterocycles.